The molecule has 5 N–H and O–H groups in total. The largest absolute Gasteiger partial charge is 0.398 e. The minimum Gasteiger partial charge on any atom is -0.398 e. The molecule has 4 aromatic rings. The summed E-state index contributed by atoms with van der Waals surface area (Å²) in [6.45, 7) is 0. The molecule has 34 heavy (non-hydrogen) atoms. The van der Waals surface area contributed by atoms with Gasteiger partial charge in [-0.25, -0.2) is 14.6 Å². The number of hydrogen-bond donors (Lipinski definition) is 3. The van der Waals surface area contributed by atoms with Gasteiger partial charge < -0.3 is 16.8 Å². The highest BCUT2D eigenvalue weighted by molar-refractivity contribution is 6.02. The highest BCUT2D eigenvalue weighted by atomic mass is 16.1. The predicted molar refractivity (Wildman–Crippen MR) is 131 cm³/mol. The van der Waals surface area contributed by atoms with Crippen LogP contribution in [0.5, 0.6) is 0 Å². The summed E-state index contributed by atoms with van der Waals surface area (Å²) >= 11 is 0. The van der Waals surface area contributed by atoms with Crippen LogP contribution in [0.1, 0.15) is 48.5 Å². The summed E-state index contributed by atoms with van der Waals surface area (Å²) in [5, 5.41) is 11.9. The van der Waals surface area contributed by atoms with Crippen molar-refractivity contribution in [2.24, 2.45) is 5.73 Å². The lowest BCUT2D eigenvalue weighted by Crippen LogP contribution is -2.13. The zero-order valence-electron chi connectivity index (χ0n) is 18.7. The van der Waals surface area contributed by atoms with Gasteiger partial charge in [-0.3, -0.25) is 4.79 Å². The molecule has 0 atom stereocenters. The number of benzene rings is 2. The third kappa shape index (κ3) is 4.45. The van der Waals surface area contributed by atoms with Crippen molar-refractivity contribution in [3.8, 4) is 22.5 Å². The second-order valence-electron chi connectivity index (χ2n) is 8.48. The van der Waals surface area contributed by atoms with Crippen molar-refractivity contribution in [1.29, 1.82) is 0 Å². The maximum Gasteiger partial charge on any atom is 0.249 e. The number of para-hydroxylation sites is 1. The lowest BCUT2D eigenvalue weighted by Gasteiger charge is -2.20. The monoisotopic (exact) mass is 454 g/mol. The molecule has 0 aliphatic heterocycles. The van der Waals surface area contributed by atoms with Crippen LogP contribution in [0.3, 0.4) is 0 Å². The topological polar surface area (TPSA) is 138 Å². The minimum absolute atomic E-state index is 0.387. The van der Waals surface area contributed by atoms with Crippen LogP contribution in [0.15, 0.2) is 60.9 Å². The van der Waals surface area contributed by atoms with Crippen LogP contribution in [-0.4, -0.2) is 30.9 Å². The van der Waals surface area contributed by atoms with Crippen molar-refractivity contribution in [2.45, 2.75) is 38.1 Å². The molecule has 2 aromatic carbocycles. The van der Waals surface area contributed by atoms with Crippen molar-refractivity contribution in [3.05, 3.63) is 66.5 Å². The summed E-state index contributed by atoms with van der Waals surface area (Å²) in [6, 6.07) is 14.8. The van der Waals surface area contributed by atoms with Gasteiger partial charge >= 0.3 is 0 Å². The number of carbonyl (C=O) groups excluding carboxylic acids is 1. The third-order valence-electron chi connectivity index (χ3n) is 6.17. The van der Waals surface area contributed by atoms with Gasteiger partial charge in [0.25, 0.3) is 0 Å². The molecule has 2 aromatic heterocycles. The molecule has 0 unspecified atom stereocenters. The molecule has 0 spiro atoms. The molecular formula is C25H26N8O. The Morgan fingerprint density at radius 2 is 1.82 bits per heavy atom. The first-order valence-corrected chi connectivity index (χ1v) is 11.4. The van der Waals surface area contributed by atoms with E-state index in [0.717, 1.165) is 18.4 Å². The first-order valence-electron chi connectivity index (χ1n) is 11.4. The summed E-state index contributed by atoms with van der Waals surface area (Å²) in [4.78, 5) is 21.0. The van der Waals surface area contributed by atoms with Crippen LogP contribution in [-0.2, 0) is 0 Å². The van der Waals surface area contributed by atoms with E-state index in [0.29, 0.717) is 45.9 Å². The fourth-order valence-electron chi connectivity index (χ4n) is 4.41. The third-order valence-corrected chi connectivity index (χ3v) is 6.17. The average molecular weight is 455 g/mol. The number of primary amides is 1. The Morgan fingerprint density at radius 3 is 2.62 bits per heavy atom. The Kier molecular flexibility index (Phi) is 5.90. The van der Waals surface area contributed by atoms with Crippen LogP contribution >= 0.6 is 0 Å². The summed E-state index contributed by atoms with van der Waals surface area (Å²) in [5.41, 5.74) is 16.2. The predicted octanol–water partition coefficient (Wildman–Crippen LogP) is 4.33. The van der Waals surface area contributed by atoms with Gasteiger partial charge in [-0.15, -0.1) is 5.10 Å². The van der Waals surface area contributed by atoms with E-state index in [4.69, 9.17) is 11.5 Å². The highest BCUT2D eigenvalue weighted by Gasteiger charge is 2.18. The summed E-state index contributed by atoms with van der Waals surface area (Å²) < 4.78 is 1.96. The number of anilines is 3. The molecule has 1 fully saturated rings. The zero-order chi connectivity index (χ0) is 23.5. The summed E-state index contributed by atoms with van der Waals surface area (Å²) in [6.07, 6.45) is 9.65. The molecule has 2 heterocycles. The number of amides is 1. The molecule has 5 rings (SSSR count). The van der Waals surface area contributed by atoms with E-state index in [-0.39, 0.29) is 0 Å². The second-order valence-corrected chi connectivity index (χ2v) is 8.48. The Morgan fingerprint density at radius 1 is 1.00 bits per heavy atom. The first-order chi connectivity index (χ1) is 16.6. The van der Waals surface area contributed by atoms with Crippen molar-refractivity contribution in [1.82, 2.24) is 25.0 Å². The van der Waals surface area contributed by atoms with Gasteiger partial charge in [-0.2, -0.15) is 0 Å². The van der Waals surface area contributed by atoms with Gasteiger partial charge in [-0.1, -0.05) is 42.7 Å². The van der Waals surface area contributed by atoms with Gasteiger partial charge in [0.15, 0.2) is 0 Å². The molecule has 9 nitrogen and oxygen atoms in total. The van der Waals surface area contributed by atoms with E-state index in [9.17, 15) is 4.79 Å². The fourth-order valence-corrected chi connectivity index (χ4v) is 4.41. The Hall–Kier alpha value is -4.27. The number of hydrogen-bond acceptors (Lipinski definition) is 7. The number of nitrogens with two attached hydrogens (primary N) is 2. The van der Waals surface area contributed by atoms with E-state index in [2.05, 4.69) is 25.6 Å². The van der Waals surface area contributed by atoms with Gasteiger partial charge in [0.2, 0.25) is 11.9 Å². The van der Waals surface area contributed by atoms with E-state index in [1.807, 2.05) is 41.2 Å². The maximum absolute atomic E-state index is 12.0. The molecule has 172 valence electrons. The smallest absolute Gasteiger partial charge is 0.249 e. The molecular weight excluding hydrogens is 428 g/mol. The minimum atomic E-state index is -0.524. The van der Waals surface area contributed by atoms with Gasteiger partial charge in [0.05, 0.1) is 17.9 Å². The number of rotatable bonds is 6. The number of nitrogens with one attached hydrogen (secondary N) is 1. The standard InChI is InChI=1S/C25H26N8O/c26-21-9-5-4-8-18(21)20-14-16(10-11-19(20)24(27)34)29-25-28-13-12-22(30-25)23-15-33(32-31-23)17-6-2-1-3-7-17/h4-5,8-15,17H,1-3,6-7,26H2,(H2,27,34)(H,28,29,30). The van der Waals surface area contributed by atoms with E-state index in [1.54, 1.807) is 24.4 Å². The quantitative estimate of drug-likeness (QED) is 0.369. The van der Waals surface area contributed by atoms with Crippen molar-refractivity contribution in [3.63, 3.8) is 0 Å². The normalized spacial score (nSPS) is 14.1. The lowest BCUT2D eigenvalue weighted by atomic mass is 9.96. The SMILES string of the molecule is NC(=O)c1ccc(Nc2nccc(-c3cn(C4CCCCC4)nn3)n2)cc1-c1ccccc1N. The molecule has 0 radical (unpaired) electrons. The highest BCUT2D eigenvalue weighted by Crippen LogP contribution is 2.32. The maximum atomic E-state index is 12.0. The van der Waals surface area contributed by atoms with E-state index >= 15 is 0 Å². The molecule has 9 heteroatoms. The Labute approximate surface area is 197 Å². The van der Waals surface area contributed by atoms with Crippen LogP contribution in [0.2, 0.25) is 0 Å². The van der Waals surface area contributed by atoms with Gasteiger partial charge in [0.1, 0.15) is 5.69 Å². The second kappa shape index (κ2) is 9.30. The molecule has 1 saturated carbocycles. The van der Waals surface area contributed by atoms with Crippen LogP contribution in [0, 0.1) is 0 Å². The molecule has 1 aliphatic rings. The van der Waals surface area contributed by atoms with Crippen LogP contribution in [0.4, 0.5) is 17.3 Å². The number of nitrogen functional groups attached to an aromatic ring is 1. The molecule has 0 bridgehead atoms. The zero-order valence-corrected chi connectivity index (χ0v) is 18.7. The molecule has 1 aliphatic carbocycles. The van der Waals surface area contributed by atoms with Gasteiger partial charge in [-0.05, 0) is 48.7 Å². The molecule has 0 saturated heterocycles. The average Bonchev–Trinajstić information content (AvgIpc) is 3.35. The molecule has 1 amide bonds. The first kappa shape index (κ1) is 21.6. The Balaban J connectivity index is 1.42. The van der Waals surface area contributed by atoms with Crippen molar-refractivity contribution in [2.75, 3.05) is 11.1 Å². The number of carbonyl (C=O) groups is 1. The number of nitrogens with zero attached hydrogens (tertiary/aromatic N) is 5. The van der Waals surface area contributed by atoms with Gasteiger partial charge in [0, 0.05) is 28.7 Å². The lowest BCUT2D eigenvalue weighted by molar-refractivity contribution is 0.100. The van der Waals surface area contributed by atoms with Crippen molar-refractivity contribution >= 4 is 23.2 Å². The Bertz CT molecular complexity index is 1330. The van der Waals surface area contributed by atoms with E-state index in [1.165, 1.54) is 19.3 Å². The van der Waals surface area contributed by atoms with E-state index < -0.39 is 5.91 Å². The summed E-state index contributed by atoms with van der Waals surface area (Å²) in [7, 11) is 0. The fraction of sp³-hybridized carbons (Fsp3) is 0.240. The van der Waals surface area contributed by atoms with Crippen molar-refractivity contribution < 1.29 is 4.79 Å². The van der Waals surface area contributed by atoms with Crippen LogP contribution in [0.25, 0.3) is 22.5 Å². The van der Waals surface area contributed by atoms with Crippen LogP contribution < -0.4 is 16.8 Å². The number of aromatic nitrogens is 5. The summed E-state index contributed by atoms with van der Waals surface area (Å²) in [5.74, 6) is -0.118.